The van der Waals surface area contributed by atoms with Gasteiger partial charge in [-0.25, -0.2) is 0 Å². The summed E-state index contributed by atoms with van der Waals surface area (Å²) in [6.45, 7) is 3.81. The number of fused-ring (bicyclic) bond motifs is 1. The number of aromatic nitrogens is 1. The van der Waals surface area contributed by atoms with Crippen molar-refractivity contribution in [2.75, 3.05) is 14.2 Å². The molecule has 136 valence electrons. The highest BCUT2D eigenvalue weighted by Crippen LogP contribution is 2.27. The van der Waals surface area contributed by atoms with Crippen molar-refractivity contribution in [2.24, 2.45) is 5.10 Å². The molecule has 0 bridgehead atoms. The summed E-state index contributed by atoms with van der Waals surface area (Å²) in [7, 11) is 3.27. The molecule has 0 saturated carbocycles. The summed E-state index contributed by atoms with van der Waals surface area (Å²) in [4.78, 5) is 0. The van der Waals surface area contributed by atoms with Crippen molar-refractivity contribution in [3.05, 3.63) is 59.8 Å². The summed E-state index contributed by atoms with van der Waals surface area (Å²) >= 11 is 0. The lowest BCUT2D eigenvalue weighted by Gasteiger charge is -2.09. The fourth-order valence-electron chi connectivity index (χ4n) is 3.05. The van der Waals surface area contributed by atoms with Gasteiger partial charge in [0.15, 0.2) is 11.5 Å². The molecule has 0 unspecified atom stereocenters. The summed E-state index contributed by atoms with van der Waals surface area (Å²) in [5.74, 6) is 1.45. The van der Waals surface area contributed by atoms with E-state index < -0.39 is 0 Å². The van der Waals surface area contributed by atoms with Gasteiger partial charge in [-0.05, 0) is 30.2 Å². The minimum atomic E-state index is 0.616. The van der Waals surface area contributed by atoms with Crippen LogP contribution in [-0.4, -0.2) is 25.0 Å². The van der Waals surface area contributed by atoms with Gasteiger partial charge in [-0.2, -0.15) is 5.10 Å². The number of hydrazone groups is 1. The third kappa shape index (κ3) is 3.82. The Morgan fingerprint density at radius 2 is 1.88 bits per heavy atom. The number of ether oxygens (including phenoxy) is 2. The molecule has 5 nitrogen and oxygen atoms in total. The molecule has 2 aromatic carbocycles. The van der Waals surface area contributed by atoms with Gasteiger partial charge in [0, 0.05) is 29.2 Å². The first-order chi connectivity index (χ1) is 12.8. The SMILES string of the molecule is CCCn1cc(/C=N/NCc2ccc(OC)c(OC)c2)c2ccccc21. The van der Waals surface area contributed by atoms with Gasteiger partial charge < -0.3 is 19.5 Å². The van der Waals surface area contributed by atoms with Crippen molar-refractivity contribution in [1.82, 2.24) is 9.99 Å². The average Bonchev–Trinajstić information content (AvgIpc) is 3.03. The maximum absolute atomic E-state index is 5.33. The van der Waals surface area contributed by atoms with E-state index in [2.05, 4.69) is 52.5 Å². The third-order valence-electron chi connectivity index (χ3n) is 4.31. The van der Waals surface area contributed by atoms with E-state index >= 15 is 0 Å². The predicted molar refractivity (Wildman–Crippen MR) is 106 cm³/mol. The van der Waals surface area contributed by atoms with Crippen molar-refractivity contribution in [2.45, 2.75) is 26.4 Å². The van der Waals surface area contributed by atoms with Crippen LogP contribution in [0.25, 0.3) is 10.9 Å². The second kappa shape index (κ2) is 8.43. The number of nitrogens with zero attached hydrogens (tertiary/aromatic N) is 2. The maximum atomic E-state index is 5.33. The minimum Gasteiger partial charge on any atom is -0.493 e. The van der Waals surface area contributed by atoms with Crippen LogP contribution in [0.3, 0.4) is 0 Å². The Morgan fingerprint density at radius 3 is 2.65 bits per heavy atom. The van der Waals surface area contributed by atoms with Crippen molar-refractivity contribution in [3.8, 4) is 11.5 Å². The summed E-state index contributed by atoms with van der Waals surface area (Å²) in [6, 6.07) is 14.3. The van der Waals surface area contributed by atoms with Crippen molar-refractivity contribution >= 4 is 17.1 Å². The monoisotopic (exact) mass is 351 g/mol. The highest BCUT2D eigenvalue weighted by molar-refractivity contribution is 5.99. The second-order valence-electron chi connectivity index (χ2n) is 6.08. The van der Waals surface area contributed by atoms with Crippen LogP contribution in [0.5, 0.6) is 11.5 Å². The lowest BCUT2D eigenvalue weighted by molar-refractivity contribution is 0.354. The van der Waals surface area contributed by atoms with E-state index in [1.54, 1.807) is 14.2 Å². The minimum absolute atomic E-state index is 0.616. The molecule has 0 spiro atoms. The van der Waals surface area contributed by atoms with E-state index in [0.29, 0.717) is 6.54 Å². The lowest BCUT2D eigenvalue weighted by atomic mass is 10.2. The maximum Gasteiger partial charge on any atom is 0.161 e. The fourth-order valence-corrected chi connectivity index (χ4v) is 3.05. The van der Waals surface area contributed by atoms with Gasteiger partial charge in [0.05, 0.1) is 27.0 Å². The number of methoxy groups -OCH3 is 2. The Bertz CT molecular complexity index is 899. The van der Waals surface area contributed by atoms with Gasteiger partial charge in [-0.3, -0.25) is 0 Å². The highest BCUT2D eigenvalue weighted by atomic mass is 16.5. The van der Waals surface area contributed by atoms with Crippen LogP contribution in [-0.2, 0) is 13.1 Å². The fraction of sp³-hybridized carbons (Fsp3) is 0.286. The van der Waals surface area contributed by atoms with E-state index in [1.165, 1.54) is 10.9 Å². The number of nitrogens with one attached hydrogen (secondary N) is 1. The summed E-state index contributed by atoms with van der Waals surface area (Å²) < 4.78 is 12.9. The van der Waals surface area contributed by atoms with E-state index in [4.69, 9.17) is 9.47 Å². The molecule has 1 aromatic heterocycles. The molecular weight excluding hydrogens is 326 g/mol. The van der Waals surface area contributed by atoms with Crippen LogP contribution in [0.15, 0.2) is 53.8 Å². The zero-order valence-electron chi connectivity index (χ0n) is 15.5. The van der Waals surface area contributed by atoms with Gasteiger partial charge in [0.25, 0.3) is 0 Å². The topological polar surface area (TPSA) is 47.8 Å². The molecule has 3 rings (SSSR count). The predicted octanol–water partition coefficient (Wildman–Crippen LogP) is 4.19. The Balaban J connectivity index is 1.70. The largest absolute Gasteiger partial charge is 0.493 e. The normalized spacial score (nSPS) is 11.2. The van der Waals surface area contributed by atoms with Crippen LogP contribution in [0.1, 0.15) is 24.5 Å². The van der Waals surface area contributed by atoms with Gasteiger partial charge in [-0.1, -0.05) is 31.2 Å². The number of hydrogen-bond donors (Lipinski definition) is 1. The third-order valence-corrected chi connectivity index (χ3v) is 4.31. The summed E-state index contributed by atoms with van der Waals surface area (Å²) in [5.41, 5.74) is 6.55. The van der Waals surface area contributed by atoms with Crippen molar-refractivity contribution in [1.29, 1.82) is 0 Å². The molecular formula is C21H25N3O2. The van der Waals surface area contributed by atoms with Crippen molar-refractivity contribution < 1.29 is 9.47 Å². The Kier molecular flexibility index (Phi) is 5.79. The first kappa shape index (κ1) is 17.9. The molecule has 3 aromatic rings. The lowest BCUT2D eigenvalue weighted by Crippen LogP contribution is -2.06. The van der Waals surface area contributed by atoms with Crippen LogP contribution in [0, 0.1) is 0 Å². The number of rotatable bonds is 8. The quantitative estimate of drug-likeness (QED) is 0.489. The van der Waals surface area contributed by atoms with E-state index in [1.807, 2.05) is 24.4 Å². The number of para-hydroxylation sites is 1. The Morgan fingerprint density at radius 1 is 1.08 bits per heavy atom. The van der Waals surface area contributed by atoms with E-state index in [-0.39, 0.29) is 0 Å². The zero-order valence-corrected chi connectivity index (χ0v) is 15.5. The van der Waals surface area contributed by atoms with Crippen LogP contribution < -0.4 is 14.9 Å². The molecule has 0 aliphatic carbocycles. The number of aryl methyl sites for hydroxylation is 1. The molecule has 0 amide bonds. The molecule has 1 heterocycles. The molecule has 0 saturated heterocycles. The Labute approximate surface area is 154 Å². The molecule has 1 N–H and O–H groups in total. The van der Waals surface area contributed by atoms with Gasteiger partial charge in [0.2, 0.25) is 0 Å². The van der Waals surface area contributed by atoms with Crippen LogP contribution >= 0.6 is 0 Å². The zero-order chi connectivity index (χ0) is 18.4. The molecule has 5 heteroatoms. The van der Waals surface area contributed by atoms with Gasteiger partial charge >= 0.3 is 0 Å². The molecule has 0 aliphatic rings. The van der Waals surface area contributed by atoms with Gasteiger partial charge in [-0.15, -0.1) is 0 Å². The first-order valence-corrected chi connectivity index (χ1v) is 8.81. The molecule has 26 heavy (non-hydrogen) atoms. The first-order valence-electron chi connectivity index (χ1n) is 8.81. The second-order valence-corrected chi connectivity index (χ2v) is 6.08. The average molecular weight is 351 g/mol. The van der Waals surface area contributed by atoms with Crippen LogP contribution in [0.4, 0.5) is 0 Å². The summed E-state index contributed by atoms with van der Waals surface area (Å²) in [6.07, 6.45) is 5.15. The van der Waals surface area contributed by atoms with Crippen molar-refractivity contribution in [3.63, 3.8) is 0 Å². The smallest absolute Gasteiger partial charge is 0.161 e. The van der Waals surface area contributed by atoms with Gasteiger partial charge in [0.1, 0.15) is 0 Å². The molecule has 0 aliphatic heterocycles. The summed E-state index contributed by atoms with van der Waals surface area (Å²) in [5, 5.41) is 5.62. The standard InChI is InChI=1S/C21H25N3O2/c1-4-11-24-15-17(18-7-5-6-8-19(18)24)14-23-22-13-16-9-10-20(25-2)21(12-16)26-3/h5-10,12,14-15,22H,4,11,13H2,1-3H3/b23-14+. The number of benzene rings is 2. The Hall–Kier alpha value is -2.95. The molecule has 0 atom stereocenters. The number of hydrogen-bond acceptors (Lipinski definition) is 4. The molecule has 0 radical (unpaired) electrons. The van der Waals surface area contributed by atoms with Crippen LogP contribution in [0.2, 0.25) is 0 Å². The van der Waals surface area contributed by atoms with E-state index in [9.17, 15) is 0 Å². The van der Waals surface area contributed by atoms with E-state index in [0.717, 1.165) is 35.6 Å². The molecule has 0 fully saturated rings. The highest BCUT2D eigenvalue weighted by Gasteiger charge is 2.06.